The molecule has 0 fully saturated rings. The number of anilines is 2. The molecule has 0 aliphatic heterocycles. The van der Waals surface area contributed by atoms with Crippen molar-refractivity contribution in [3.63, 3.8) is 0 Å². The second kappa shape index (κ2) is 7.23. The van der Waals surface area contributed by atoms with Crippen LogP contribution in [0.25, 0.3) is 0 Å². The Morgan fingerprint density at radius 1 is 1.27 bits per heavy atom. The van der Waals surface area contributed by atoms with Crippen LogP contribution in [0.1, 0.15) is 36.3 Å². The molecule has 0 aliphatic rings. The summed E-state index contributed by atoms with van der Waals surface area (Å²) in [6, 6.07) is 12.8. The Hall–Kier alpha value is -2.87. The fourth-order valence-corrected chi connectivity index (χ4v) is 1.83. The number of rotatable bonds is 5. The van der Waals surface area contributed by atoms with Crippen molar-refractivity contribution in [3.05, 3.63) is 53.9 Å². The maximum atomic E-state index is 12.1. The number of nitriles is 1. The molecule has 1 aromatic heterocycles. The lowest BCUT2D eigenvalue weighted by molar-refractivity contribution is 0.0934. The molecule has 2 rings (SSSR count). The van der Waals surface area contributed by atoms with Crippen molar-refractivity contribution >= 4 is 17.3 Å². The van der Waals surface area contributed by atoms with Crippen LogP contribution in [-0.4, -0.2) is 16.9 Å². The van der Waals surface area contributed by atoms with Crippen LogP contribution in [0.4, 0.5) is 11.4 Å². The van der Waals surface area contributed by atoms with Gasteiger partial charge in [0.25, 0.3) is 5.91 Å². The van der Waals surface area contributed by atoms with Gasteiger partial charge in [-0.2, -0.15) is 5.26 Å². The standard InChI is InChI=1S/C17H18N4O/c1-3-12(2)20-17(22)16-10-15(8-9-19-16)21-14-6-4-13(11-18)5-7-14/h4-10,12H,3H2,1-2H3,(H,19,21)(H,20,22). The molecule has 1 aromatic carbocycles. The minimum atomic E-state index is -0.183. The van der Waals surface area contributed by atoms with Crippen molar-refractivity contribution < 1.29 is 4.79 Å². The third kappa shape index (κ3) is 4.06. The van der Waals surface area contributed by atoms with E-state index < -0.39 is 0 Å². The first kappa shape index (κ1) is 15.5. The highest BCUT2D eigenvalue weighted by atomic mass is 16.1. The smallest absolute Gasteiger partial charge is 0.270 e. The molecule has 112 valence electrons. The SMILES string of the molecule is CCC(C)NC(=O)c1cc(Nc2ccc(C#N)cc2)ccn1. The molecule has 0 radical (unpaired) electrons. The minimum absolute atomic E-state index is 0.115. The van der Waals surface area contributed by atoms with Gasteiger partial charge in [0.2, 0.25) is 0 Å². The van der Waals surface area contributed by atoms with Gasteiger partial charge >= 0.3 is 0 Å². The summed E-state index contributed by atoms with van der Waals surface area (Å²) in [5.41, 5.74) is 2.60. The van der Waals surface area contributed by atoms with Gasteiger partial charge in [0.1, 0.15) is 5.69 Å². The van der Waals surface area contributed by atoms with E-state index in [2.05, 4.69) is 21.7 Å². The van der Waals surface area contributed by atoms with Gasteiger partial charge in [-0.1, -0.05) is 6.92 Å². The Morgan fingerprint density at radius 3 is 2.64 bits per heavy atom. The molecule has 0 saturated heterocycles. The van der Waals surface area contributed by atoms with Crippen LogP contribution in [0.3, 0.4) is 0 Å². The zero-order valence-electron chi connectivity index (χ0n) is 12.6. The average molecular weight is 294 g/mol. The minimum Gasteiger partial charge on any atom is -0.355 e. The average Bonchev–Trinajstić information content (AvgIpc) is 2.55. The molecule has 1 unspecified atom stereocenters. The van der Waals surface area contributed by atoms with Crippen molar-refractivity contribution in [2.45, 2.75) is 26.3 Å². The number of aromatic nitrogens is 1. The van der Waals surface area contributed by atoms with Crippen molar-refractivity contribution in [3.8, 4) is 6.07 Å². The Kier molecular flexibility index (Phi) is 5.10. The molecule has 0 aliphatic carbocycles. The number of carbonyl (C=O) groups is 1. The van der Waals surface area contributed by atoms with Gasteiger partial charge in [0, 0.05) is 23.6 Å². The summed E-state index contributed by atoms with van der Waals surface area (Å²) in [7, 11) is 0. The van der Waals surface area contributed by atoms with Gasteiger partial charge in [0.05, 0.1) is 11.6 Å². The van der Waals surface area contributed by atoms with E-state index in [1.165, 1.54) is 0 Å². The molecule has 1 atom stereocenters. The summed E-state index contributed by atoms with van der Waals surface area (Å²) in [6.07, 6.45) is 2.46. The molecule has 5 heteroatoms. The molecule has 0 bridgehead atoms. The number of benzene rings is 1. The molecule has 5 nitrogen and oxygen atoms in total. The fourth-order valence-electron chi connectivity index (χ4n) is 1.83. The summed E-state index contributed by atoms with van der Waals surface area (Å²) in [5, 5.41) is 14.9. The quantitative estimate of drug-likeness (QED) is 0.887. The highest BCUT2D eigenvalue weighted by Crippen LogP contribution is 2.17. The normalized spacial score (nSPS) is 11.3. The van der Waals surface area contributed by atoms with Gasteiger partial charge in [0.15, 0.2) is 0 Å². The van der Waals surface area contributed by atoms with Crippen LogP contribution in [0, 0.1) is 11.3 Å². The van der Waals surface area contributed by atoms with E-state index in [9.17, 15) is 4.79 Å². The predicted octanol–water partition coefficient (Wildman–Crippen LogP) is 3.23. The molecule has 1 heterocycles. The Bertz CT molecular complexity index is 689. The van der Waals surface area contributed by atoms with Gasteiger partial charge in [-0.15, -0.1) is 0 Å². The van der Waals surface area contributed by atoms with Crippen molar-refractivity contribution in [1.82, 2.24) is 10.3 Å². The second-order valence-electron chi connectivity index (χ2n) is 5.03. The summed E-state index contributed by atoms with van der Waals surface area (Å²) >= 11 is 0. The van der Waals surface area contributed by atoms with Gasteiger partial charge in [-0.25, -0.2) is 0 Å². The molecule has 0 spiro atoms. The van der Waals surface area contributed by atoms with E-state index >= 15 is 0 Å². The van der Waals surface area contributed by atoms with Gasteiger partial charge < -0.3 is 10.6 Å². The first-order chi connectivity index (χ1) is 10.6. The summed E-state index contributed by atoms with van der Waals surface area (Å²) < 4.78 is 0. The number of carbonyl (C=O) groups excluding carboxylic acids is 1. The van der Waals surface area contributed by atoms with E-state index in [1.807, 2.05) is 26.0 Å². The largest absolute Gasteiger partial charge is 0.355 e. The highest BCUT2D eigenvalue weighted by Gasteiger charge is 2.10. The Labute approximate surface area is 130 Å². The van der Waals surface area contributed by atoms with Crippen LogP contribution in [0.2, 0.25) is 0 Å². The summed E-state index contributed by atoms with van der Waals surface area (Å²) in [5.74, 6) is -0.183. The highest BCUT2D eigenvalue weighted by molar-refractivity contribution is 5.93. The van der Waals surface area contributed by atoms with E-state index in [4.69, 9.17) is 5.26 Å². The predicted molar refractivity (Wildman–Crippen MR) is 85.9 cm³/mol. The molecular formula is C17H18N4O. The maximum Gasteiger partial charge on any atom is 0.270 e. The number of hydrogen-bond donors (Lipinski definition) is 2. The van der Waals surface area contributed by atoms with Crippen LogP contribution < -0.4 is 10.6 Å². The molecule has 22 heavy (non-hydrogen) atoms. The van der Waals surface area contributed by atoms with Crippen LogP contribution in [0.15, 0.2) is 42.6 Å². The lowest BCUT2D eigenvalue weighted by atomic mass is 10.2. The molecule has 0 saturated carbocycles. The number of hydrogen-bond acceptors (Lipinski definition) is 4. The molecular weight excluding hydrogens is 276 g/mol. The third-order valence-electron chi connectivity index (χ3n) is 3.29. The summed E-state index contributed by atoms with van der Waals surface area (Å²) in [4.78, 5) is 16.2. The lowest BCUT2D eigenvalue weighted by Crippen LogP contribution is -2.32. The zero-order chi connectivity index (χ0) is 15.9. The molecule has 2 aromatic rings. The monoisotopic (exact) mass is 294 g/mol. The van der Waals surface area contributed by atoms with E-state index in [1.54, 1.807) is 30.5 Å². The van der Waals surface area contributed by atoms with Crippen LogP contribution in [-0.2, 0) is 0 Å². The van der Waals surface area contributed by atoms with E-state index in [0.29, 0.717) is 11.3 Å². The Morgan fingerprint density at radius 2 is 2.00 bits per heavy atom. The van der Waals surface area contributed by atoms with E-state index in [-0.39, 0.29) is 11.9 Å². The summed E-state index contributed by atoms with van der Waals surface area (Å²) in [6.45, 7) is 3.97. The van der Waals surface area contributed by atoms with Crippen LogP contribution in [0.5, 0.6) is 0 Å². The van der Waals surface area contributed by atoms with Crippen molar-refractivity contribution in [2.24, 2.45) is 0 Å². The fraction of sp³-hybridized carbons (Fsp3) is 0.235. The number of nitrogens with zero attached hydrogens (tertiary/aromatic N) is 2. The first-order valence-corrected chi connectivity index (χ1v) is 7.16. The van der Waals surface area contributed by atoms with Crippen LogP contribution >= 0.6 is 0 Å². The van der Waals surface area contributed by atoms with Gasteiger partial charge in [-0.3, -0.25) is 9.78 Å². The maximum absolute atomic E-state index is 12.1. The topological polar surface area (TPSA) is 77.8 Å². The Balaban J connectivity index is 2.10. The molecule has 1 amide bonds. The van der Waals surface area contributed by atoms with Crippen molar-refractivity contribution in [1.29, 1.82) is 5.26 Å². The lowest BCUT2D eigenvalue weighted by Gasteiger charge is -2.12. The zero-order valence-corrected chi connectivity index (χ0v) is 12.6. The molecule has 2 N–H and O–H groups in total. The van der Waals surface area contributed by atoms with Gasteiger partial charge in [-0.05, 0) is 49.7 Å². The second-order valence-corrected chi connectivity index (χ2v) is 5.03. The third-order valence-corrected chi connectivity index (χ3v) is 3.29. The number of amides is 1. The van der Waals surface area contributed by atoms with Crippen molar-refractivity contribution in [2.75, 3.05) is 5.32 Å². The number of pyridine rings is 1. The number of nitrogens with one attached hydrogen (secondary N) is 2. The van der Waals surface area contributed by atoms with E-state index in [0.717, 1.165) is 17.8 Å². The first-order valence-electron chi connectivity index (χ1n) is 7.16.